The molecule has 1 aromatic carbocycles. The zero-order valence-electron chi connectivity index (χ0n) is 10.5. The molecule has 5 heteroatoms. The maximum absolute atomic E-state index is 13.1. The SMILES string of the molecule is CN(Cc1cccc(Br)c1)c1ncc(F)cc1CO. The lowest BCUT2D eigenvalue weighted by molar-refractivity contribution is 0.281. The van der Waals surface area contributed by atoms with Crippen molar-refractivity contribution in [2.24, 2.45) is 0 Å². The number of aromatic nitrogens is 1. The van der Waals surface area contributed by atoms with E-state index in [1.165, 1.54) is 6.07 Å². The Kier molecular flexibility index (Phi) is 4.50. The first-order chi connectivity index (χ1) is 9.10. The minimum Gasteiger partial charge on any atom is -0.392 e. The van der Waals surface area contributed by atoms with E-state index in [4.69, 9.17) is 0 Å². The predicted molar refractivity (Wildman–Crippen MR) is 76.4 cm³/mol. The van der Waals surface area contributed by atoms with Gasteiger partial charge in [0.05, 0.1) is 12.8 Å². The molecule has 2 aromatic rings. The Morgan fingerprint density at radius 3 is 2.84 bits per heavy atom. The van der Waals surface area contributed by atoms with Gasteiger partial charge in [0.15, 0.2) is 0 Å². The third-order valence-electron chi connectivity index (χ3n) is 2.75. The Bertz CT molecular complexity index is 577. The lowest BCUT2D eigenvalue weighted by Crippen LogP contribution is -2.19. The van der Waals surface area contributed by atoms with Gasteiger partial charge in [-0.2, -0.15) is 0 Å². The maximum atomic E-state index is 13.1. The van der Waals surface area contributed by atoms with E-state index in [9.17, 15) is 9.50 Å². The molecule has 19 heavy (non-hydrogen) atoms. The van der Waals surface area contributed by atoms with Gasteiger partial charge in [0.25, 0.3) is 0 Å². The standard InChI is InChI=1S/C14H14BrFN2O/c1-18(8-10-3-2-4-12(15)5-10)14-11(9-19)6-13(16)7-17-14/h2-7,19H,8-9H2,1H3. The van der Waals surface area contributed by atoms with Gasteiger partial charge in [0, 0.05) is 23.6 Å². The van der Waals surface area contributed by atoms with Crippen molar-refractivity contribution in [3.05, 3.63) is 57.9 Å². The number of hydrogen-bond acceptors (Lipinski definition) is 3. The summed E-state index contributed by atoms with van der Waals surface area (Å²) in [5.74, 6) is 0.146. The average molecular weight is 325 g/mol. The average Bonchev–Trinajstić information content (AvgIpc) is 2.38. The number of aliphatic hydroxyl groups is 1. The normalized spacial score (nSPS) is 10.5. The van der Waals surface area contributed by atoms with E-state index < -0.39 is 5.82 Å². The van der Waals surface area contributed by atoms with Crippen LogP contribution in [0, 0.1) is 5.82 Å². The van der Waals surface area contributed by atoms with Crippen LogP contribution in [0.5, 0.6) is 0 Å². The highest BCUT2D eigenvalue weighted by atomic mass is 79.9. The molecule has 0 unspecified atom stereocenters. The fourth-order valence-corrected chi connectivity index (χ4v) is 2.36. The van der Waals surface area contributed by atoms with Crippen LogP contribution in [0.2, 0.25) is 0 Å². The van der Waals surface area contributed by atoms with Gasteiger partial charge in [-0.15, -0.1) is 0 Å². The van der Waals surface area contributed by atoms with Gasteiger partial charge in [-0.05, 0) is 23.8 Å². The lowest BCUT2D eigenvalue weighted by atomic mass is 10.2. The molecule has 1 heterocycles. The van der Waals surface area contributed by atoms with Gasteiger partial charge >= 0.3 is 0 Å². The summed E-state index contributed by atoms with van der Waals surface area (Å²) >= 11 is 3.42. The molecular weight excluding hydrogens is 311 g/mol. The van der Waals surface area contributed by atoms with Crippen molar-refractivity contribution in [2.75, 3.05) is 11.9 Å². The monoisotopic (exact) mass is 324 g/mol. The van der Waals surface area contributed by atoms with Gasteiger partial charge in [-0.3, -0.25) is 0 Å². The first-order valence-electron chi connectivity index (χ1n) is 5.81. The lowest BCUT2D eigenvalue weighted by Gasteiger charge is -2.20. The predicted octanol–water partition coefficient (Wildman–Crippen LogP) is 3.11. The highest BCUT2D eigenvalue weighted by Gasteiger charge is 2.10. The molecule has 0 spiro atoms. The first kappa shape index (κ1) is 14.0. The summed E-state index contributed by atoms with van der Waals surface area (Å²) in [6.07, 6.45) is 1.16. The van der Waals surface area contributed by atoms with Crippen molar-refractivity contribution < 1.29 is 9.50 Å². The molecule has 0 atom stereocenters. The zero-order valence-corrected chi connectivity index (χ0v) is 12.1. The third-order valence-corrected chi connectivity index (χ3v) is 3.24. The number of anilines is 1. The van der Waals surface area contributed by atoms with E-state index in [1.807, 2.05) is 36.2 Å². The number of hydrogen-bond donors (Lipinski definition) is 1. The summed E-state index contributed by atoms with van der Waals surface area (Å²) < 4.78 is 14.1. The van der Waals surface area contributed by atoms with Crippen molar-refractivity contribution in [1.82, 2.24) is 4.98 Å². The topological polar surface area (TPSA) is 36.4 Å². The summed E-state index contributed by atoms with van der Waals surface area (Å²) in [7, 11) is 1.86. The molecule has 0 saturated heterocycles. The van der Waals surface area contributed by atoms with E-state index in [0.29, 0.717) is 17.9 Å². The van der Waals surface area contributed by atoms with E-state index in [0.717, 1.165) is 16.2 Å². The molecule has 0 saturated carbocycles. The first-order valence-corrected chi connectivity index (χ1v) is 6.60. The summed E-state index contributed by atoms with van der Waals surface area (Å²) in [6, 6.07) is 9.24. The fourth-order valence-electron chi connectivity index (χ4n) is 1.92. The van der Waals surface area contributed by atoms with Crippen LogP contribution in [0.3, 0.4) is 0 Å². The number of benzene rings is 1. The zero-order chi connectivity index (χ0) is 13.8. The molecule has 1 N–H and O–H groups in total. The summed E-state index contributed by atoms with van der Waals surface area (Å²) in [4.78, 5) is 5.93. The van der Waals surface area contributed by atoms with Crippen LogP contribution in [-0.4, -0.2) is 17.1 Å². The van der Waals surface area contributed by atoms with Crippen LogP contribution in [0.25, 0.3) is 0 Å². The van der Waals surface area contributed by atoms with Crippen LogP contribution in [-0.2, 0) is 13.2 Å². The van der Waals surface area contributed by atoms with Gasteiger partial charge in [0.2, 0.25) is 0 Å². The second-order valence-electron chi connectivity index (χ2n) is 4.28. The second kappa shape index (κ2) is 6.12. The Hall–Kier alpha value is -1.46. The largest absolute Gasteiger partial charge is 0.392 e. The minimum absolute atomic E-state index is 0.233. The molecule has 2 rings (SSSR count). The molecular formula is C14H14BrFN2O. The van der Waals surface area contributed by atoms with E-state index in [-0.39, 0.29) is 6.61 Å². The number of nitrogens with zero attached hydrogens (tertiary/aromatic N) is 2. The van der Waals surface area contributed by atoms with E-state index >= 15 is 0 Å². The van der Waals surface area contributed by atoms with Crippen LogP contribution in [0.1, 0.15) is 11.1 Å². The summed E-state index contributed by atoms with van der Waals surface area (Å²) in [6.45, 7) is 0.397. The minimum atomic E-state index is -0.441. The molecule has 1 aromatic heterocycles. The molecule has 0 bridgehead atoms. The third kappa shape index (κ3) is 3.52. The molecule has 100 valence electrons. The van der Waals surface area contributed by atoms with Crippen LogP contribution in [0.4, 0.5) is 10.2 Å². The van der Waals surface area contributed by atoms with Crippen molar-refractivity contribution in [3.63, 3.8) is 0 Å². The highest BCUT2D eigenvalue weighted by molar-refractivity contribution is 9.10. The molecule has 0 radical (unpaired) electrons. The van der Waals surface area contributed by atoms with Crippen molar-refractivity contribution >= 4 is 21.7 Å². The number of aliphatic hydroxyl groups excluding tert-OH is 1. The Morgan fingerprint density at radius 2 is 2.16 bits per heavy atom. The quantitative estimate of drug-likeness (QED) is 0.938. The van der Waals surface area contributed by atoms with Crippen LogP contribution < -0.4 is 4.90 Å². The van der Waals surface area contributed by atoms with Crippen LogP contribution in [0.15, 0.2) is 41.0 Å². The Balaban J connectivity index is 2.22. The Labute approximate surface area is 119 Å². The fraction of sp³-hybridized carbons (Fsp3) is 0.214. The maximum Gasteiger partial charge on any atom is 0.142 e. The number of pyridine rings is 1. The van der Waals surface area contributed by atoms with E-state index in [1.54, 1.807) is 0 Å². The van der Waals surface area contributed by atoms with Crippen molar-refractivity contribution in [2.45, 2.75) is 13.2 Å². The molecule has 3 nitrogen and oxygen atoms in total. The van der Waals surface area contributed by atoms with Crippen molar-refractivity contribution in [1.29, 1.82) is 0 Å². The van der Waals surface area contributed by atoms with Gasteiger partial charge in [-0.25, -0.2) is 9.37 Å². The van der Waals surface area contributed by atoms with Gasteiger partial charge < -0.3 is 10.0 Å². The smallest absolute Gasteiger partial charge is 0.142 e. The molecule has 0 fully saturated rings. The Morgan fingerprint density at radius 1 is 1.37 bits per heavy atom. The van der Waals surface area contributed by atoms with Crippen molar-refractivity contribution in [3.8, 4) is 0 Å². The summed E-state index contributed by atoms with van der Waals surface area (Å²) in [5, 5.41) is 9.26. The van der Waals surface area contributed by atoms with Gasteiger partial charge in [-0.1, -0.05) is 28.1 Å². The molecule has 0 aliphatic heterocycles. The van der Waals surface area contributed by atoms with E-state index in [2.05, 4.69) is 20.9 Å². The summed E-state index contributed by atoms with van der Waals surface area (Å²) in [5.41, 5.74) is 1.59. The number of rotatable bonds is 4. The number of halogens is 2. The second-order valence-corrected chi connectivity index (χ2v) is 5.20. The highest BCUT2D eigenvalue weighted by Crippen LogP contribution is 2.20. The molecule has 0 aliphatic carbocycles. The van der Waals surface area contributed by atoms with Gasteiger partial charge in [0.1, 0.15) is 11.6 Å². The molecule has 0 amide bonds. The molecule has 0 aliphatic rings. The van der Waals surface area contributed by atoms with Crippen LogP contribution >= 0.6 is 15.9 Å².